The summed E-state index contributed by atoms with van der Waals surface area (Å²) in [5.74, 6) is 0. The maximum absolute atomic E-state index is 3.61. The topological polar surface area (TPSA) is 12.0 Å². The van der Waals surface area contributed by atoms with E-state index in [4.69, 9.17) is 0 Å². The molecule has 1 N–H and O–H groups in total. The van der Waals surface area contributed by atoms with Crippen LogP contribution in [0.3, 0.4) is 0 Å². The largest absolute Gasteiger partial charge is 0.384 e. The highest BCUT2D eigenvalue weighted by Crippen LogP contribution is 2.29. The van der Waals surface area contributed by atoms with Crippen LogP contribution in [0, 0.1) is 0 Å². The molecule has 0 aliphatic carbocycles. The van der Waals surface area contributed by atoms with Gasteiger partial charge < -0.3 is 5.32 Å². The van der Waals surface area contributed by atoms with Gasteiger partial charge in [-0.05, 0) is 29.5 Å². The molecule has 0 aromatic heterocycles. The lowest BCUT2D eigenvalue weighted by Crippen LogP contribution is -2.05. The van der Waals surface area contributed by atoms with Gasteiger partial charge in [-0.2, -0.15) is 0 Å². The molecule has 0 saturated heterocycles. The second kappa shape index (κ2) is 6.10. The van der Waals surface area contributed by atoms with Crippen molar-refractivity contribution in [1.82, 2.24) is 0 Å². The van der Waals surface area contributed by atoms with Crippen molar-refractivity contribution < 1.29 is 0 Å². The van der Waals surface area contributed by atoms with Gasteiger partial charge in [0.05, 0.1) is 0 Å². The molecular formula is C18H16BrN. The molecule has 0 heterocycles. The normalized spacial score (nSPS) is 10.7. The predicted octanol–water partition coefficient (Wildman–Crippen LogP) is 5.26. The molecule has 0 atom stereocenters. The molecule has 100 valence electrons. The molecule has 0 fully saturated rings. The Morgan fingerprint density at radius 1 is 0.750 bits per heavy atom. The molecular weight excluding hydrogens is 310 g/mol. The fraction of sp³-hybridized carbons (Fsp3) is 0.111. The Kier molecular flexibility index (Phi) is 4.03. The van der Waals surface area contributed by atoms with Gasteiger partial charge in [0.2, 0.25) is 0 Å². The summed E-state index contributed by atoms with van der Waals surface area (Å²) in [6.45, 7) is 0.940. The van der Waals surface area contributed by atoms with Gasteiger partial charge in [-0.1, -0.05) is 70.5 Å². The van der Waals surface area contributed by atoms with E-state index in [1.807, 2.05) is 0 Å². The maximum Gasteiger partial charge on any atom is 0.0420 e. The summed E-state index contributed by atoms with van der Waals surface area (Å²) in [5, 5.41) is 6.05. The number of fused-ring (bicyclic) bond motifs is 1. The molecule has 0 aliphatic rings. The number of hydrogen-bond donors (Lipinski definition) is 1. The Bertz CT molecular complexity index is 707. The quantitative estimate of drug-likeness (QED) is 0.690. The van der Waals surface area contributed by atoms with E-state index >= 15 is 0 Å². The molecule has 0 radical (unpaired) electrons. The maximum atomic E-state index is 3.61. The van der Waals surface area contributed by atoms with E-state index in [1.54, 1.807) is 0 Å². The van der Waals surface area contributed by atoms with Crippen LogP contribution >= 0.6 is 15.9 Å². The summed E-state index contributed by atoms with van der Waals surface area (Å²) in [5.41, 5.74) is 2.56. The Hall–Kier alpha value is -1.80. The third-order valence-electron chi connectivity index (χ3n) is 3.44. The van der Waals surface area contributed by atoms with Gasteiger partial charge >= 0.3 is 0 Å². The Morgan fingerprint density at radius 3 is 2.25 bits per heavy atom. The number of halogens is 1. The molecule has 20 heavy (non-hydrogen) atoms. The van der Waals surface area contributed by atoms with E-state index in [0.717, 1.165) is 17.4 Å². The van der Waals surface area contributed by atoms with Crippen LogP contribution < -0.4 is 5.32 Å². The second-order valence-corrected chi connectivity index (χ2v) is 5.66. The third kappa shape index (κ3) is 2.86. The number of hydrogen-bond acceptors (Lipinski definition) is 1. The van der Waals surface area contributed by atoms with E-state index in [0.29, 0.717) is 0 Å². The Morgan fingerprint density at radius 2 is 1.45 bits per heavy atom. The summed E-state index contributed by atoms with van der Waals surface area (Å²) < 4.78 is 1.14. The van der Waals surface area contributed by atoms with Gasteiger partial charge in [-0.3, -0.25) is 0 Å². The number of nitrogens with one attached hydrogen (secondary N) is 1. The monoisotopic (exact) mass is 325 g/mol. The van der Waals surface area contributed by atoms with Crippen LogP contribution in [-0.4, -0.2) is 6.54 Å². The molecule has 2 heteroatoms. The highest BCUT2D eigenvalue weighted by atomic mass is 79.9. The van der Waals surface area contributed by atoms with Crippen LogP contribution in [0.25, 0.3) is 10.8 Å². The number of rotatable bonds is 4. The molecule has 0 aliphatic heterocycles. The SMILES string of the molecule is Brc1ccc(NCCc2ccccc2)c2ccccc12. The molecule has 3 rings (SSSR count). The molecule has 0 amide bonds. The summed E-state index contributed by atoms with van der Waals surface area (Å²) >= 11 is 3.61. The van der Waals surface area contributed by atoms with Crippen molar-refractivity contribution in [3.63, 3.8) is 0 Å². The first-order chi connectivity index (χ1) is 9.84. The second-order valence-electron chi connectivity index (χ2n) is 4.80. The minimum Gasteiger partial charge on any atom is -0.384 e. The van der Waals surface area contributed by atoms with Crippen molar-refractivity contribution >= 4 is 32.4 Å². The van der Waals surface area contributed by atoms with Crippen molar-refractivity contribution in [3.8, 4) is 0 Å². The van der Waals surface area contributed by atoms with Crippen molar-refractivity contribution in [1.29, 1.82) is 0 Å². The summed E-state index contributed by atoms with van der Waals surface area (Å²) in [6.07, 6.45) is 1.03. The first kappa shape index (κ1) is 13.2. The van der Waals surface area contributed by atoms with Crippen LogP contribution in [-0.2, 0) is 6.42 Å². The molecule has 1 nitrogen and oxygen atoms in total. The van der Waals surface area contributed by atoms with Gasteiger partial charge in [-0.15, -0.1) is 0 Å². The van der Waals surface area contributed by atoms with Crippen LogP contribution in [0.1, 0.15) is 5.56 Å². The van der Waals surface area contributed by atoms with Crippen LogP contribution in [0.15, 0.2) is 71.2 Å². The minimum absolute atomic E-state index is 0.940. The predicted molar refractivity (Wildman–Crippen MR) is 90.3 cm³/mol. The molecule has 0 saturated carbocycles. The highest BCUT2D eigenvalue weighted by Gasteiger charge is 2.03. The van der Waals surface area contributed by atoms with Gasteiger partial charge in [0.25, 0.3) is 0 Å². The van der Waals surface area contributed by atoms with Crippen LogP contribution in [0.4, 0.5) is 5.69 Å². The lowest BCUT2D eigenvalue weighted by atomic mass is 10.1. The molecule has 0 bridgehead atoms. The lowest BCUT2D eigenvalue weighted by molar-refractivity contribution is 1.02. The van der Waals surface area contributed by atoms with Crippen molar-refractivity contribution in [3.05, 3.63) is 76.8 Å². The zero-order valence-corrected chi connectivity index (χ0v) is 12.7. The van der Waals surface area contributed by atoms with E-state index in [-0.39, 0.29) is 0 Å². The average Bonchev–Trinajstić information content (AvgIpc) is 2.51. The first-order valence-corrected chi connectivity index (χ1v) is 7.59. The van der Waals surface area contributed by atoms with Crippen molar-refractivity contribution in [2.45, 2.75) is 6.42 Å². The van der Waals surface area contributed by atoms with Gasteiger partial charge in [0.15, 0.2) is 0 Å². The van der Waals surface area contributed by atoms with E-state index in [9.17, 15) is 0 Å². The number of anilines is 1. The molecule has 0 unspecified atom stereocenters. The summed E-state index contributed by atoms with van der Waals surface area (Å²) in [7, 11) is 0. The highest BCUT2D eigenvalue weighted by molar-refractivity contribution is 9.10. The lowest BCUT2D eigenvalue weighted by Gasteiger charge is -2.11. The van der Waals surface area contributed by atoms with Gasteiger partial charge in [0, 0.05) is 22.1 Å². The minimum atomic E-state index is 0.940. The van der Waals surface area contributed by atoms with E-state index < -0.39 is 0 Å². The zero-order chi connectivity index (χ0) is 13.8. The van der Waals surface area contributed by atoms with Crippen molar-refractivity contribution in [2.75, 3.05) is 11.9 Å². The standard InChI is InChI=1S/C18H16BrN/c19-17-10-11-18(16-9-5-4-8-15(16)17)20-13-12-14-6-2-1-3-7-14/h1-11,20H,12-13H2. The fourth-order valence-corrected chi connectivity index (χ4v) is 2.88. The molecule has 3 aromatic carbocycles. The Balaban J connectivity index is 1.77. The Labute approximate surface area is 127 Å². The van der Waals surface area contributed by atoms with Gasteiger partial charge in [0.1, 0.15) is 0 Å². The third-order valence-corrected chi connectivity index (χ3v) is 4.13. The summed E-state index contributed by atoms with van der Waals surface area (Å²) in [6, 6.07) is 23.3. The zero-order valence-electron chi connectivity index (χ0n) is 11.1. The fourth-order valence-electron chi connectivity index (χ4n) is 2.40. The van der Waals surface area contributed by atoms with Crippen LogP contribution in [0.5, 0.6) is 0 Å². The smallest absolute Gasteiger partial charge is 0.0420 e. The molecule has 3 aromatic rings. The molecule has 0 spiro atoms. The first-order valence-electron chi connectivity index (χ1n) is 6.79. The average molecular weight is 326 g/mol. The van der Waals surface area contributed by atoms with E-state index in [1.165, 1.54) is 22.0 Å². The van der Waals surface area contributed by atoms with Gasteiger partial charge in [-0.25, -0.2) is 0 Å². The summed E-state index contributed by atoms with van der Waals surface area (Å²) in [4.78, 5) is 0. The van der Waals surface area contributed by atoms with E-state index in [2.05, 4.69) is 88.0 Å². The van der Waals surface area contributed by atoms with Crippen LogP contribution in [0.2, 0.25) is 0 Å². The number of benzene rings is 3. The van der Waals surface area contributed by atoms with Crippen molar-refractivity contribution in [2.24, 2.45) is 0 Å².